The van der Waals surface area contributed by atoms with Gasteiger partial charge in [0.05, 0.1) is 4.90 Å². The number of rotatable bonds is 5. The first kappa shape index (κ1) is 18.6. The van der Waals surface area contributed by atoms with Gasteiger partial charge >= 0.3 is 0 Å². The molecule has 1 aromatic heterocycles. The van der Waals surface area contributed by atoms with E-state index in [0.717, 1.165) is 16.1 Å². The van der Waals surface area contributed by atoms with Crippen molar-refractivity contribution in [1.82, 2.24) is 14.8 Å². The van der Waals surface area contributed by atoms with Crippen LogP contribution in [-0.4, -0.2) is 28.3 Å². The molecule has 0 atom stereocenters. The maximum absolute atomic E-state index is 14.5. The highest BCUT2D eigenvalue weighted by molar-refractivity contribution is 9.10. The summed E-state index contributed by atoms with van der Waals surface area (Å²) in [6, 6.07) is 10.8. The van der Waals surface area contributed by atoms with E-state index in [2.05, 4.69) is 26.0 Å². The second-order valence-corrected chi connectivity index (χ2v) is 7.96. The Morgan fingerprint density at radius 1 is 1.23 bits per heavy atom. The summed E-state index contributed by atoms with van der Waals surface area (Å²) in [7, 11) is -4.02. The van der Waals surface area contributed by atoms with Crippen molar-refractivity contribution in [1.29, 1.82) is 0 Å². The molecule has 3 N–H and O–H groups in total. The van der Waals surface area contributed by atoms with Gasteiger partial charge in [0.15, 0.2) is 5.82 Å². The molecule has 10 heteroatoms. The number of benzene rings is 2. The van der Waals surface area contributed by atoms with Crippen LogP contribution in [0.25, 0.3) is 5.69 Å². The van der Waals surface area contributed by atoms with Gasteiger partial charge in [-0.2, -0.15) is 0 Å². The first-order valence-corrected chi connectivity index (χ1v) is 9.74. The summed E-state index contributed by atoms with van der Waals surface area (Å²) in [6.45, 7) is -0.407. The zero-order chi connectivity index (χ0) is 18.9. The van der Waals surface area contributed by atoms with Gasteiger partial charge in [0.1, 0.15) is 23.9 Å². The van der Waals surface area contributed by atoms with Gasteiger partial charge in [-0.3, -0.25) is 0 Å². The summed E-state index contributed by atoms with van der Waals surface area (Å²) in [6.07, 6.45) is 0.336. The van der Waals surface area contributed by atoms with Gasteiger partial charge < -0.3 is 5.11 Å². The number of sulfonamides is 1. The summed E-state index contributed by atoms with van der Waals surface area (Å²) >= 11 is 3.38. The van der Waals surface area contributed by atoms with Crippen molar-refractivity contribution >= 4 is 26.0 Å². The lowest BCUT2D eigenvalue weighted by Gasteiger charge is -2.08. The van der Waals surface area contributed by atoms with Gasteiger partial charge in [0.2, 0.25) is 10.0 Å². The third kappa shape index (κ3) is 3.98. The molecule has 0 unspecified atom stereocenters. The van der Waals surface area contributed by atoms with Crippen LogP contribution in [0.4, 0.5) is 4.39 Å². The van der Waals surface area contributed by atoms with E-state index in [9.17, 15) is 17.9 Å². The van der Waals surface area contributed by atoms with Crippen molar-refractivity contribution in [3.05, 3.63) is 70.0 Å². The van der Waals surface area contributed by atoms with Crippen LogP contribution in [0.2, 0.25) is 0 Å². The molecule has 0 aliphatic carbocycles. The van der Waals surface area contributed by atoms with Crippen molar-refractivity contribution in [2.75, 3.05) is 0 Å². The third-order valence-corrected chi connectivity index (χ3v) is 4.99. The molecule has 2 aromatic carbocycles. The van der Waals surface area contributed by atoms with Crippen LogP contribution in [0, 0.1) is 5.82 Å². The Balaban J connectivity index is 2.06. The number of primary sulfonamides is 1. The summed E-state index contributed by atoms with van der Waals surface area (Å²) in [5.41, 5.74) is 0.911. The number of aliphatic hydroxyl groups is 1. The lowest BCUT2D eigenvalue weighted by molar-refractivity contribution is 0.271. The number of nitrogens with two attached hydrogens (primary N) is 1. The fourth-order valence-electron chi connectivity index (χ4n) is 2.43. The molecule has 0 aliphatic rings. The zero-order valence-corrected chi connectivity index (χ0v) is 15.7. The number of aromatic nitrogens is 3. The predicted octanol–water partition coefficient (Wildman–Crippen LogP) is 1.90. The monoisotopic (exact) mass is 440 g/mol. The Kier molecular flexibility index (Phi) is 5.19. The van der Waals surface area contributed by atoms with E-state index in [0.29, 0.717) is 12.2 Å². The van der Waals surface area contributed by atoms with Crippen molar-refractivity contribution in [3.8, 4) is 5.69 Å². The summed E-state index contributed by atoms with van der Waals surface area (Å²) in [4.78, 5) is 3.88. The van der Waals surface area contributed by atoms with E-state index < -0.39 is 22.4 Å². The SMILES string of the molecule is NS(=O)(=O)c1ccc(-n2nc(CO)nc2Cc2cccc(Br)c2)c(F)c1. The maximum Gasteiger partial charge on any atom is 0.238 e. The van der Waals surface area contributed by atoms with Crippen LogP contribution >= 0.6 is 15.9 Å². The fourth-order valence-corrected chi connectivity index (χ4v) is 3.40. The Morgan fingerprint density at radius 2 is 2.00 bits per heavy atom. The van der Waals surface area contributed by atoms with Crippen LogP contribution < -0.4 is 5.14 Å². The van der Waals surface area contributed by atoms with Crippen LogP contribution in [0.3, 0.4) is 0 Å². The molecule has 136 valence electrons. The number of nitrogens with zero attached hydrogens (tertiary/aromatic N) is 3. The highest BCUT2D eigenvalue weighted by Gasteiger charge is 2.17. The standard InChI is InChI=1S/C16H14BrFN4O3S/c17-11-3-1-2-10(6-11)7-16-20-15(9-23)21-22(16)14-5-4-12(8-13(14)18)26(19,24)25/h1-6,8,23H,7,9H2,(H2,19,24,25). The van der Waals surface area contributed by atoms with Gasteiger partial charge in [-0.15, -0.1) is 5.10 Å². The summed E-state index contributed by atoms with van der Waals surface area (Å²) in [5.74, 6) is -0.291. The van der Waals surface area contributed by atoms with Gasteiger partial charge in [-0.25, -0.2) is 27.6 Å². The number of hydrogen-bond donors (Lipinski definition) is 2. The number of halogens is 2. The minimum absolute atomic E-state index is 0.00889. The normalized spacial score (nSPS) is 11.7. The molecule has 7 nitrogen and oxygen atoms in total. The molecular formula is C16H14BrFN4O3S. The molecule has 1 heterocycles. The minimum atomic E-state index is -4.02. The van der Waals surface area contributed by atoms with E-state index in [1.54, 1.807) is 0 Å². The van der Waals surface area contributed by atoms with Crippen molar-refractivity contribution < 1.29 is 17.9 Å². The average molecular weight is 441 g/mol. The van der Waals surface area contributed by atoms with Crippen molar-refractivity contribution in [3.63, 3.8) is 0 Å². The summed E-state index contributed by atoms with van der Waals surface area (Å²) in [5, 5.41) is 18.4. The fraction of sp³-hybridized carbons (Fsp3) is 0.125. The first-order valence-electron chi connectivity index (χ1n) is 7.41. The zero-order valence-electron chi connectivity index (χ0n) is 13.3. The van der Waals surface area contributed by atoms with Gasteiger partial charge in [-0.1, -0.05) is 28.1 Å². The molecule has 0 radical (unpaired) electrons. The van der Waals surface area contributed by atoms with Crippen LogP contribution in [0.1, 0.15) is 17.2 Å². The number of hydrogen-bond acceptors (Lipinski definition) is 5. The maximum atomic E-state index is 14.5. The molecule has 3 aromatic rings. The van der Waals surface area contributed by atoms with Gasteiger partial charge in [-0.05, 0) is 35.9 Å². The van der Waals surface area contributed by atoms with Gasteiger partial charge in [0.25, 0.3) is 0 Å². The minimum Gasteiger partial charge on any atom is -0.388 e. The predicted molar refractivity (Wildman–Crippen MR) is 95.6 cm³/mol. The summed E-state index contributed by atoms with van der Waals surface area (Å²) < 4.78 is 39.3. The van der Waals surface area contributed by atoms with E-state index in [4.69, 9.17) is 5.14 Å². The molecule has 0 fully saturated rings. The van der Waals surface area contributed by atoms with Crippen LogP contribution in [0.15, 0.2) is 51.8 Å². The van der Waals surface area contributed by atoms with Crippen molar-refractivity contribution in [2.45, 2.75) is 17.9 Å². The van der Waals surface area contributed by atoms with E-state index >= 15 is 0 Å². The second-order valence-electron chi connectivity index (χ2n) is 5.48. The molecule has 3 rings (SSSR count). The molecule has 0 saturated heterocycles. The number of aliphatic hydroxyl groups excluding tert-OH is 1. The molecular weight excluding hydrogens is 427 g/mol. The van der Waals surface area contributed by atoms with Crippen LogP contribution in [-0.2, 0) is 23.1 Å². The topological polar surface area (TPSA) is 111 Å². The molecule has 26 heavy (non-hydrogen) atoms. The van der Waals surface area contributed by atoms with E-state index in [1.807, 2.05) is 24.3 Å². The molecule has 0 bridgehead atoms. The Morgan fingerprint density at radius 3 is 2.62 bits per heavy atom. The Bertz CT molecular complexity index is 1070. The third-order valence-electron chi connectivity index (χ3n) is 3.59. The van der Waals surface area contributed by atoms with E-state index in [1.165, 1.54) is 16.8 Å². The smallest absolute Gasteiger partial charge is 0.238 e. The molecule has 0 saturated carbocycles. The molecule has 0 amide bonds. The van der Waals surface area contributed by atoms with Gasteiger partial charge in [0, 0.05) is 10.9 Å². The second kappa shape index (κ2) is 7.23. The van der Waals surface area contributed by atoms with E-state index in [-0.39, 0.29) is 16.4 Å². The Labute approximate surface area is 157 Å². The first-order chi connectivity index (χ1) is 12.3. The highest BCUT2D eigenvalue weighted by Crippen LogP contribution is 2.21. The van der Waals surface area contributed by atoms with Crippen molar-refractivity contribution in [2.24, 2.45) is 5.14 Å². The quantitative estimate of drug-likeness (QED) is 0.629. The lowest BCUT2D eigenvalue weighted by Crippen LogP contribution is -2.13. The largest absolute Gasteiger partial charge is 0.388 e. The lowest BCUT2D eigenvalue weighted by atomic mass is 10.1. The van der Waals surface area contributed by atoms with Crippen LogP contribution in [0.5, 0.6) is 0 Å². The average Bonchev–Trinajstić information content (AvgIpc) is 2.96. The molecule has 0 spiro atoms. The molecule has 0 aliphatic heterocycles. The Hall–Kier alpha value is -2.14. The highest BCUT2D eigenvalue weighted by atomic mass is 79.9.